The van der Waals surface area contributed by atoms with Crippen molar-refractivity contribution in [3.05, 3.63) is 0 Å². The molecule has 4 unspecified atom stereocenters. The van der Waals surface area contributed by atoms with Crippen molar-refractivity contribution in [3.8, 4) is 0 Å². The maximum atomic E-state index is 3.46. The summed E-state index contributed by atoms with van der Waals surface area (Å²) >= 11 is 0. The predicted molar refractivity (Wildman–Crippen MR) is 76.3 cm³/mol. The Balaban J connectivity index is 2.57. The van der Waals surface area contributed by atoms with E-state index >= 15 is 0 Å². The third-order valence-electron chi connectivity index (χ3n) is 5.06. The van der Waals surface area contributed by atoms with Crippen molar-refractivity contribution >= 4 is 0 Å². The molecule has 1 fully saturated rings. The Kier molecular flexibility index (Phi) is 5.03. The number of hydrogen-bond acceptors (Lipinski definition) is 2. The topological polar surface area (TPSA) is 15.3 Å². The highest BCUT2D eigenvalue weighted by Gasteiger charge is 2.33. The van der Waals surface area contributed by atoms with Crippen molar-refractivity contribution in [2.45, 2.75) is 60.0 Å². The minimum atomic E-state index is 0.419. The van der Waals surface area contributed by atoms with Gasteiger partial charge in [-0.3, -0.25) is 4.90 Å². The van der Waals surface area contributed by atoms with Crippen LogP contribution in [0.4, 0.5) is 0 Å². The molecule has 1 heterocycles. The van der Waals surface area contributed by atoms with Crippen LogP contribution in [0.15, 0.2) is 0 Å². The molecule has 1 N–H and O–H groups in total. The van der Waals surface area contributed by atoms with E-state index in [0.29, 0.717) is 17.5 Å². The highest BCUT2D eigenvalue weighted by atomic mass is 15.2. The van der Waals surface area contributed by atoms with Gasteiger partial charge in [0.15, 0.2) is 0 Å². The first kappa shape index (κ1) is 15.0. The summed E-state index contributed by atoms with van der Waals surface area (Å²) in [6, 6.07) is 1.40. The van der Waals surface area contributed by atoms with Gasteiger partial charge in [-0.25, -0.2) is 0 Å². The first-order valence-electron chi connectivity index (χ1n) is 7.18. The highest BCUT2D eigenvalue weighted by molar-refractivity contribution is 4.89. The first-order chi connectivity index (χ1) is 7.77. The lowest BCUT2D eigenvalue weighted by Gasteiger charge is -2.45. The molecule has 0 amide bonds. The number of likely N-dealkylation sites (tertiary alicyclic amines) is 1. The van der Waals surface area contributed by atoms with Crippen LogP contribution in [0.25, 0.3) is 0 Å². The van der Waals surface area contributed by atoms with E-state index in [1.165, 1.54) is 19.5 Å². The molecule has 2 heteroatoms. The number of nitrogens with zero attached hydrogens (tertiary/aromatic N) is 1. The van der Waals surface area contributed by atoms with Gasteiger partial charge in [0.1, 0.15) is 0 Å². The van der Waals surface area contributed by atoms with Crippen LogP contribution in [-0.4, -0.2) is 37.1 Å². The van der Waals surface area contributed by atoms with Gasteiger partial charge in [-0.1, -0.05) is 34.6 Å². The zero-order chi connectivity index (χ0) is 13.2. The Bertz CT molecular complexity index is 232. The van der Waals surface area contributed by atoms with E-state index in [9.17, 15) is 0 Å². The zero-order valence-electron chi connectivity index (χ0n) is 12.9. The summed E-state index contributed by atoms with van der Waals surface area (Å²) in [7, 11) is 2.10. The van der Waals surface area contributed by atoms with E-state index in [1.54, 1.807) is 0 Å². The van der Waals surface area contributed by atoms with Crippen molar-refractivity contribution in [2.24, 2.45) is 17.3 Å². The lowest BCUT2D eigenvalue weighted by molar-refractivity contribution is 0.0551. The summed E-state index contributed by atoms with van der Waals surface area (Å²) in [5.74, 6) is 1.50. The molecule has 17 heavy (non-hydrogen) atoms. The van der Waals surface area contributed by atoms with Crippen LogP contribution in [0.2, 0.25) is 0 Å². The van der Waals surface area contributed by atoms with Gasteiger partial charge in [-0.2, -0.15) is 0 Å². The van der Waals surface area contributed by atoms with E-state index in [2.05, 4.69) is 58.8 Å². The first-order valence-corrected chi connectivity index (χ1v) is 7.18. The molecule has 1 rings (SSSR count). The van der Waals surface area contributed by atoms with Crippen LogP contribution in [0.5, 0.6) is 0 Å². The molecule has 0 aromatic carbocycles. The van der Waals surface area contributed by atoms with Crippen molar-refractivity contribution in [3.63, 3.8) is 0 Å². The van der Waals surface area contributed by atoms with Crippen molar-refractivity contribution in [2.75, 3.05) is 20.1 Å². The fourth-order valence-corrected chi connectivity index (χ4v) is 2.73. The molecule has 4 atom stereocenters. The van der Waals surface area contributed by atoms with Crippen LogP contribution >= 0.6 is 0 Å². The second-order valence-corrected chi connectivity index (χ2v) is 7.05. The summed E-state index contributed by atoms with van der Waals surface area (Å²) in [4.78, 5) is 2.69. The number of nitrogens with one attached hydrogen (secondary N) is 1. The molecule has 1 aliphatic rings. The molecule has 1 aliphatic heterocycles. The summed E-state index contributed by atoms with van der Waals surface area (Å²) in [6.07, 6.45) is 1.29. The molecule has 0 radical (unpaired) electrons. The molecule has 2 nitrogen and oxygen atoms in total. The quantitative estimate of drug-likeness (QED) is 0.816. The van der Waals surface area contributed by atoms with Gasteiger partial charge in [-0.15, -0.1) is 0 Å². The maximum Gasteiger partial charge on any atom is 0.0117 e. The van der Waals surface area contributed by atoms with Crippen molar-refractivity contribution < 1.29 is 0 Å². The lowest BCUT2D eigenvalue weighted by Crippen LogP contribution is -2.54. The fraction of sp³-hybridized carbons (Fsp3) is 1.00. The van der Waals surface area contributed by atoms with Gasteiger partial charge in [0, 0.05) is 18.6 Å². The van der Waals surface area contributed by atoms with Gasteiger partial charge in [-0.05, 0) is 44.2 Å². The lowest BCUT2D eigenvalue weighted by atomic mass is 9.80. The van der Waals surface area contributed by atoms with Crippen LogP contribution in [0, 0.1) is 17.3 Å². The normalized spacial score (nSPS) is 33.7. The molecule has 102 valence electrons. The van der Waals surface area contributed by atoms with Crippen LogP contribution in [0.3, 0.4) is 0 Å². The molecule has 0 bridgehead atoms. The van der Waals surface area contributed by atoms with E-state index in [-0.39, 0.29) is 0 Å². The molecular formula is C15H32N2. The average Bonchev–Trinajstić information content (AvgIpc) is 2.23. The van der Waals surface area contributed by atoms with Gasteiger partial charge in [0.05, 0.1) is 0 Å². The third-order valence-corrected chi connectivity index (χ3v) is 5.06. The van der Waals surface area contributed by atoms with Gasteiger partial charge >= 0.3 is 0 Å². The molecule has 0 aromatic rings. The van der Waals surface area contributed by atoms with Gasteiger partial charge in [0.2, 0.25) is 0 Å². The smallest absolute Gasteiger partial charge is 0.0117 e. The minimum absolute atomic E-state index is 0.419. The Labute approximate surface area is 108 Å². The molecule has 0 spiro atoms. The number of rotatable bonds is 3. The monoisotopic (exact) mass is 240 g/mol. The summed E-state index contributed by atoms with van der Waals surface area (Å²) in [6.45, 7) is 16.7. The number of piperidine rings is 1. The van der Waals surface area contributed by atoms with Gasteiger partial charge in [0.25, 0.3) is 0 Å². The zero-order valence-corrected chi connectivity index (χ0v) is 12.9. The summed E-state index contributed by atoms with van der Waals surface area (Å²) in [5, 5.41) is 3.46. The fourth-order valence-electron chi connectivity index (χ4n) is 2.73. The third kappa shape index (κ3) is 3.69. The second-order valence-electron chi connectivity index (χ2n) is 7.05. The molecule has 0 aliphatic carbocycles. The Hall–Kier alpha value is -0.0800. The van der Waals surface area contributed by atoms with Crippen molar-refractivity contribution in [1.29, 1.82) is 0 Å². The van der Waals surface area contributed by atoms with Crippen molar-refractivity contribution in [1.82, 2.24) is 10.2 Å². The maximum absolute atomic E-state index is 3.46. The summed E-state index contributed by atoms with van der Waals surface area (Å²) < 4.78 is 0. The SMILES string of the molecule is CNC1CCN(CC(C)C(C)(C)C)C(C)C1C. The standard InChI is InChI=1S/C15H32N2/c1-11(15(4,5)6)10-17-9-8-14(16-7)12(2)13(17)3/h11-14,16H,8-10H2,1-7H3. The largest absolute Gasteiger partial charge is 0.317 e. The highest BCUT2D eigenvalue weighted by Crippen LogP contribution is 2.30. The van der Waals surface area contributed by atoms with E-state index in [0.717, 1.165) is 11.8 Å². The molecular weight excluding hydrogens is 208 g/mol. The Morgan fingerprint density at radius 1 is 1.29 bits per heavy atom. The molecule has 0 saturated carbocycles. The summed E-state index contributed by atoms with van der Waals surface area (Å²) in [5.41, 5.74) is 0.419. The second kappa shape index (κ2) is 5.71. The van der Waals surface area contributed by atoms with Crippen LogP contribution in [-0.2, 0) is 0 Å². The predicted octanol–water partition coefficient (Wildman–Crippen LogP) is 2.99. The van der Waals surface area contributed by atoms with Gasteiger partial charge < -0.3 is 5.32 Å². The van der Waals surface area contributed by atoms with E-state index in [1.807, 2.05) is 0 Å². The molecule has 0 aromatic heterocycles. The van der Waals surface area contributed by atoms with E-state index < -0.39 is 0 Å². The van der Waals surface area contributed by atoms with Crippen LogP contribution < -0.4 is 5.32 Å². The Morgan fingerprint density at radius 3 is 2.35 bits per heavy atom. The Morgan fingerprint density at radius 2 is 1.88 bits per heavy atom. The number of hydrogen-bond donors (Lipinski definition) is 1. The van der Waals surface area contributed by atoms with Crippen LogP contribution in [0.1, 0.15) is 48.0 Å². The average molecular weight is 240 g/mol. The minimum Gasteiger partial charge on any atom is -0.317 e. The van der Waals surface area contributed by atoms with E-state index in [4.69, 9.17) is 0 Å². The molecule has 1 saturated heterocycles.